The third-order valence-corrected chi connectivity index (χ3v) is 6.36. The molecule has 0 heterocycles. The van der Waals surface area contributed by atoms with Crippen molar-refractivity contribution >= 4 is 23.5 Å². The number of hydrogen-bond donors (Lipinski definition) is 4. The molecule has 0 saturated heterocycles. The first-order valence-electron chi connectivity index (χ1n) is 8.85. The summed E-state index contributed by atoms with van der Waals surface area (Å²) in [5, 5.41) is 0. The van der Waals surface area contributed by atoms with Gasteiger partial charge in [0.2, 0.25) is 10.0 Å². The standard InChI is InChI=1S/C16H29FN3O6PS/c1-12(2)10-20(13(5-3-4-8-18)11-26-27(21,22)23)28(24,25)14-6-7-16(19)15(17)9-14/h6-7,9,12-13H,3-5,8,10-11,18-19H2,1-2H3,(H2,21,22,23). The van der Waals surface area contributed by atoms with Gasteiger partial charge in [-0.05, 0) is 43.5 Å². The zero-order valence-electron chi connectivity index (χ0n) is 16.0. The summed E-state index contributed by atoms with van der Waals surface area (Å²) in [6.45, 7) is 3.55. The quantitative estimate of drug-likeness (QED) is 0.217. The second kappa shape index (κ2) is 10.6. The largest absolute Gasteiger partial charge is 0.469 e. The molecule has 0 spiro atoms. The van der Waals surface area contributed by atoms with Crippen LogP contribution in [0.1, 0.15) is 33.1 Å². The molecule has 28 heavy (non-hydrogen) atoms. The van der Waals surface area contributed by atoms with E-state index in [0.29, 0.717) is 19.4 Å². The summed E-state index contributed by atoms with van der Waals surface area (Å²) in [7, 11) is -8.96. The van der Waals surface area contributed by atoms with Crippen LogP contribution in [0.3, 0.4) is 0 Å². The van der Waals surface area contributed by atoms with E-state index in [1.807, 2.05) is 0 Å². The van der Waals surface area contributed by atoms with Gasteiger partial charge in [0.15, 0.2) is 0 Å². The third-order valence-electron chi connectivity index (χ3n) is 3.96. The molecule has 0 bridgehead atoms. The Kier molecular flexibility index (Phi) is 9.48. The zero-order chi connectivity index (χ0) is 21.5. The van der Waals surface area contributed by atoms with Crippen LogP contribution in [0, 0.1) is 11.7 Å². The van der Waals surface area contributed by atoms with Gasteiger partial charge >= 0.3 is 7.82 Å². The van der Waals surface area contributed by atoms with Crippen LogP contribution in [0.15, 0.2) is 23.1 Å². The molecule has 0 aliphatic heterocycles. The number of phosphoric ester groups is 1. The van der Waals surface area contributed by atoms with Crippen molar-refractivity contribution in [2.24, 2.45) is 11.7 Å². The molecule has 1 aromatic rings. The van der Waals surface area contributed by atoms with Crippen LogP contribution in [0.2, 0.25) is 0 Å². The molecule has 9 nitrogen and oxygen atoms in total. The molecule has 6 N–H and O–H groups in total. The number of halogens is 1. The molecule has 12 heteroatoms. The molecule has 1 atom stereocenters. The van der Waals surface area contributed by atoms with Crippen LogP contribution in [0.25, 0.3) is 0 Å². The van der Waals surface area contributed by atoms with Crippen LogP contribution in [0.4, 0.5) is 10.1 Å². The number of hydrogen-bond acceptors (Lipinski definition) is 6. The van der Waals surface area contributed by atoms with Gasteiger partial charge in [0.25, 0.3) is 0 Å². The lowest BCUT2D eigenvalue weighted by atomic mass is 10.1. The van der Waals surface area contributed by atoms with E-state index in [2.05, 4.69) is 4.52 Å². The van der Waals surface area contributed by atoms with Crippen LogP contribution in [-0.4, -0.2) is 48.2 Å². The van der Waals surface area contributed by atoms with Crippen LogP contribution >= 0.6 is 7.82 Å². The van der Waals surface area contributed by atoms with E-state index in [9.17, 15) is 17.4 Å². The Morgan fingerprint density at radius 2 is 1.93 bits per heavy atom. The number of sulfonamides is 1. The molecular weight excluding hydrogens is 412 g/mol. The normalized spacial score (nSPS) is 14.0. The average Bonchev–Trinajstić information content (AvgIpc) is 2.57. The molecule has 1 aromatic carbocycles. The lowest BCUT2D eigenvalue weighted by Crippen LogP contribution is -2.44. The van der Waals surface area contributed by atoms with Gasteiger partial charge in [-0.3, -0.25) is 4.52 Å². The number of unbranched alkanes of at least 4 members (excludes halogenated alkanes) is 1. The van der Waals surface area contributed by atoms with Gasteiger partial charge in [0, 0.05) is 12.6 Å². The van der Waals surface area contributed by atoms with E-state index in [-0.39, 0.29) is 29.5 Å². The Balaban J connectivity index is 3.29. The summed E-state index contributed by atoms with van der Waals surface area (Å²) in [5.41, 5.74) is 10.7. The Morgan fingerprint density at radius 1 is 1.29 bits per heavy atom. The van der Waals surface area contributed by atoms with Crippen molar-refractivity contribution < 1.29 is 31.7 Å². The number of nitrogens with zero attached hydrogens (tertiary/aromatic N) is 1. The first-order valence-corrected chi connectivity index (χ1v) is 11.8. The Morgan fingerprint density at radius 3 is 2.43 bits per heavy atom. The molecule has 0 aliphatic rings. The molecular formula is C16H29FN3O6PS. The lowest BCUT2D eigenvalue weighted by molar-refractivity contribution is 0.140. The smallest absolute Gasteiger partial charge is 0.396 e. The minimum atomic E-state index is -4.79. The van der Waals surface area contributed by atoms with Gasteiger partial charge in [-0.1, -0.05) is 20.3 Å². The fraction of sp³-hybridized carbons (Fsp3) is 0.625. The molecule has 1 unspecified atom stereocenters. The number of benzene rings is 1. The van der Waals surface area contributed by atoms with E-state index >= 15 is 0 Å². The number of nitrogen functional groups attached to an aromatic ring is 1. The van der Waals surface area contributed by atoms with E-state index in [4.69, 9.17) is 21.3 Å². The van der Waals surface area contributed by atoms with Crippen molar-refractivity contribution in [2.45, 2.75) is 44.0 Å². The van der Waals surface area contributed by atoms with Crippen molar-refractivity contribution in [3.63, 3.8) is 0 Å². The molecule has 0 aliphatic carbocycles. The fourth-order valence-corrected chi connectivity index (χ4v) is 4.81. The van der Waals surface area contributed by atoms with Gasteiger partial charge < -0.3 is 21.3 Å². The second-order valence-electron chi connectivity index (χ2n) is 6.88. The second-order valence-corrected chi connectivity index (χ2v) is 10.0. The van der Waals surface area contributed by atoms with Crippen LogP contribution in [0.5, 0.6) is 0 Å². The van der Waals surface area contributed by atoms with Gasteiger partial charge in [-0.15, -0.1) is 0 Å². The maximum Gasteiger partial charge on any atom is 0.469 e. The highest BCUT2D eigenvalue weighted by molar-refractivity contribution is 7.89. The average molecular weight is 441 g/mol. The van der Waals surface area contributed by atoms with Gasteiger partial charge in [0.05, 0.1) is 17.2 Å². The van der Waals surface area contributed by atoms with Gasteiger partial charge in [-0.2, -0.15) is 4.31 Å². The molecule has 0 fully saturated rings. The molecule has 1 rings (SSSR count). The Bertz CT molecular complexity index is 787. The number of rotatable bonds is 12. The third kappa shape index (κ3) is 7.75. The maximum atomic E-state index is 13.8. The summed E-state index contributed by atoms with van der Waals surface area (Å²) in [6.07, 6.45) is 1.42. The van der Waals surface area contributed by atoms with Crippen molar-refractivity contribution in [1.29, 1.82) is 0 Å². The van der Waals surface area contributed by atoms with Crippen molar-refractivity contribution in [3.8, 4) is 0 Å². The first-order chi connectivity index (χ1) is 12.9. The van der Waals surface area contributed by atoms with Crippen molar-refractivity contribution in [2.75, 3.05) is 25.4 Å². The summed E-state index contributed by atoms with van der Waals surface area (Å²) in [4.78, 5) is 17.8. The minimum absolute atomic E-state index is 0.0616. The number of phosphoric acid groups is 1. The molecule has 162 valence electrons. The predicted octanol–water partition coefficient (Wildman–Crippen LogP) is 1.66. The highest BCUT2D eigenvalue weighted by Gasteiger charge is 2.33. The van der Waals surface area contributed by atoms with Crippen LogP contribution in [-0.2, 0) is 19.1 Å². The number of anilines is 1. The number of nitrogens with two attached hydrogens (primary N) is 2. The summed E-state index contributed by atoms with van der Waals surface area (Å²) >= 11 is 0. The van der Waals surface area contributed by atoms with E-state index in [1.54, 1.807) is 13.8 Å². The SMILES string of the molecule is CC(C)CN(C(CCCCN)COP(=O)(O)O)S(=O)(=O)c1ccc(N)c(F)c1. The van der Waals surface area contributed by atoms with Crippen LogP contribution < -0.4 is 11.5 Å². The van der Waals surface area contributed by atoms with E-state index < -0.39 is 36.3 Å². The summed E-state index contributed by atoms with van der Waals surface area (Å²) in [6, 6.07) is 2.33. The summed E-state index contributed by atoms with van der Waals surface area (Å²) in [5.74, 6) is -0.961. The first kappa shape index (κ1) is 25.0. The Hall–Kier alpha value is -1.07. The monoisotopic (exact) mass is 441 g/mol. The van der Waals surface area contributed by atoms with E-state index in [1.165, 1.54) is 6.07 Å². The van der Waals surface area contributed by atoms with E-state index in [0.717, 1.165) is 16.4 Å². The molecule has 0 radical (unpaired) electrons. The maximum absolute atomic E-state index is 13.8. The Labute approximate surface area is 165 Å². The van der Waals surface area contributed by atoms with Crippen molar-refractivity contribution in [3.05, 3.63) is 24.0 Å². The molecule has 0 amide bonds. The topological polar surface area (TPSA) is 156 Å². The minimum Gasteiger partial charge on any atom is -0.396 e. The highest BCUT2D eigenvalue weighted by Crippen LogP contribution is 2.37. The predicted molar refractivity (Wildman–Crippen MR) is 104 cm³/mol. The van der Waals surface area contributed by atoms with Gasteiger partial charge in [-0.25, -0.2) is 17.4 Å². The zero-order valence-corrected chi connectivity index (χ0v) is 17.7. The lowest BCUT2D eigenvalue weighted by Gasteiger charge is -2.32. The summed E-state index contributed by atoms with van der Waals surface area (Å²) < 4.78 is 57.0. The van der Waals surface area contributed by atoms with Gasteiger partial charge in [0.1, 0.15) is 5.82 Å². The van der Waals surface area contributed by atoms with Crippen molar-refractivity contribution in [1.82, 2.24) is 4.31 Å². The molecule has 0 aromatic heterocycles. The molecule has 0 saturated carbocycles. The highest BCUT2D eigenvalue weighted by atomic mass is 32.2. The fourth-order valence-electron chi connectivity index (χ4n) is 2.62.